The van der Waals surface area contributed by atoms with Gasteiger partial charge in [0.15, 0.2) is 0 Å². The zero-order valence-corrected chi connectivity index (χ0v) is 15.3. The Hall–Kier alpha value is -2.06. The number of halogens is 1. The minimum absolute atomic E-state index is 0.137. The molecule has 0 spiro atoms. The summed E-state index contributed by atoms with van der Waals surface area (Å²) >= 11 is 1.58. The second kappa shape index (κ2) is 7.67. The highest BCUT2D eigenvalue weighted by Crippen LogP contribution is 2.23. The molecule has 2 aliphatic rings. The molecule has 2 heterocycles. The van der Waals surface area contributed by atoms with E-state index in [0.717, 1.165) is 54.7 Å². The lowest BCUT2D eigenvalue weighted by Gasteiger charge is -2.33. The highest BCUT2D eigenvalue weighted by molar-refractivity contribution is 7.15. The number of amides is 1. The van der Waals surface area contributed by atoms with Gasteiger partial charge in [0.1, 0.15) is 10.8 Å². The standard InChI is InChI=1S/C18H22FN5OS/c19-14-3-1-13(2-4-14)11-17-21-22-18(26-17)24-9-7-23(8-10-24)12-16(25)20-15-5-6-15/h1-4,15H,5-12H2,(H,20,25). The summed E-state index contributed by atoms with van der Waals surface area (Å²) in [5.74, 6) is -0.0890. The van der Waals surface area contributed by atoms with Gasteiger partial charge in [0, 0.05) is 38.6 Å². The Kier molecular flexibility index (Phi) is 5.12. The quantitative estimate of drug-likeness (QED) is 0.832. The van der Waals surface area contributed by atoms with E-state index in [1.165, 1.54) is 12.1 Å². The van der Waals surface area contributed by atoms with Gasteiger partial charge in [-0.2, -0.15) is 0 Å². The number of hydrogen-bond donors (Lipinski definition) is 1. The fourth-order valence-corrected chi connectivity index (χ4v) is 3.95. The maximum Gasteiger partial charge on any atom is 0.234 e. The average molecular weight is 375 g/mol. The van der Waals surface area contributed by atoms with Crippen molar-refractivity contribution in [3.05, 3.63) is 40.7 Å². The molecule has 0 atom stereocenters. The number of benzene rings is 1. The number of piperazine rings is 1. The van der Waals surface area contributed by atoms with Gasteiger partial charge in [0.2, 0.25) is 11.0 Å². The molecule has 1 aromatic carbocycles. The van der Waals surface area contributed by atoms with Gasteiger partial charge in [-0.15, -0.1) is 10.2 Å². The van der Waals surface area contributed by atoms with E-state index >= 15 is 0 Å². The zero-order valence-electron chi connectivity index (χ0n) is 14.5. The summed E-state index contributed by atoms with van der Waals surface area (Å²) in [6.07, 6.45) is 2.91. The third kappa shape index (κ3) is 4.56. The van der Waals surface area contributed by atoms with Gasteiger partial charge in [-0.1, -0.05) is 23.5 Å². The number of aromatic nitrogens is 2. The van der Waals surface area contributed by atoms with Crippen molar-refractivity contribution in [2.75, 3.05) is 37.6 Å². The average Bonchev–Trinajstić information content (AvgIpc) is 3.32. The first-order valence-corrected chi connectivity index (χ1v) is 9.81. The highest BCUT2D eigenvalue weighted by Gasteiger charge is 2.26. The van der Waals surface area contributed by atoms with E-state index in [0.29, 0.717) is 19.0 Å². The predicted molar refractivity (Wildman–Crippen MR) is 98.9 cm³/mol. The molecular weight excluding hydrogens is 353 g/mol. The lowest BCUT2D eigenvalue weighted by molar-refractivity contribution is -0.122. The Labute approximate surface area is 156 Å². The molecule has 8 heteroatoms. The van der Waals surface area contributed by atoms with E-state index in [9.17, 15) is 9.18 Å². The van der Waals surface area contributed by atoms with Crippen molar-refractivity contribution in [3.63, 3.8) is 0 Å². The SMILES string of the molecule is O=C(CN1CCN(c2nnc(Cc3ccc(F)cc3)s2)CC1)NC1CC1. The van der Waals surface area contributed by atoms with Gasteiger partial charge >= 0.3 is 0 Å². The number of anilines is 1. The Morgan fingerprint density at radius 3 is 2.58 bits per heavy atom. The summed E-state index contributed by atoms with van der Waals surface area (Å²) in [5, 5.41) is 13.5. The molecule has 0 unspecified atom stereocenters. The Bertz CT molecular complexity index is 753. The molecule has 1 N–H and O–H groups in total. The second-order valence-electron chi connectivity index (χ2n) is 6.89. The van der Waals surface area contributed by atoms with Crippen LogP contribution in [-0.2, 0) is 11.2 Å². The van der Waals surface area contributed by atoms with Crippen LogP contribution < -0.4 is 10.2 Å². The Morgan fingerprint density at radius 1 is 1.15 bits per heavy atom. The van der Waals surface area contributed by atoms with Gasteiger partial charge in [-0.05, 0) is 30.5 Å². The molecule has 2 fully saturated rings. The first kappa shape index (κ1) is 17.4. The molecule has 138 valence electrons. The minimum Gasteiger partial charge on any atom is -0.352 e. The normalized spacial score (nSPS) is 18.1. The minimum atomic E-state index is -0.226. The number of hydrogen-bond acceptors (Lipinski definition) is 6. The molecule has 1 saturated carbocycles. The summed E-state index contributed by atoms with van der Waals surface area (Å²) in [5.41, 5.74) is 1.03. The van der Waals surface area contributed by atoms with Crippen LogP contribution in [-0.4, -0.2) is 59.8 Å². The molecule has 2 aromatic rings. The van der Waals surface area contributed by atoms with E-state index in [4.69, 9.17) is 0 Å². The molecule has 1 aromatic heterocycles. The summed E-state index contributed by atoms with van der Waals surface area (Å²) in [4.78, 5) is 16.3. The molecule has 0 radical (unpaired) electrons. The summed E-state index contributed by atoms with van der Waals surface area (Å²) < 4.78 is 13.0. The smallest absolute Gasteiger partial charge is 0.234 e. The van der Waals surface area contributed by atoms with Crippen molar-refractivity contribution < 1.29 is 9.18 Å². The van der Waals surface area contributed by atoms with Crippen LogP contribution in [0.5, 0.6) is 0 Å². The van der Waals surface area contributed by atoms with Crippen molar-refractivity contribution in [3.8, 4) is 0 Å². The number of nitrogens with one attached hydrogen (secondary N) is 1. The van der Waals surface area contributed by atoms with Gasteiger partial charge in [0.05, 0.1) is 6.54 Å². The highest BCUT2D eigenvalue weighted by atomic mass is 32.1. The van der Waals surface area contributed by atoms with Gasteiger partial charge < -0.3 is 10.2 Å². The molecular formula is C18H22FN5OS. The third-order valence-corrected chi connectivity index (χ3v) is 5.66. The van der Waals surface area contributed by atoms with Crippen molar-refractivity contribution >= 4 is 22.4 Å². The van der Waals surface area contributed by atoms with Crippen LogP contribution in [0.3, 0.4) is 0 Å². The van der Waals surface area contributed by atoms with E-state index in [-0.39, 0.29) is 11.7 Å². The van der Waals surface area contributed by atoms with Crippen molar-refractivity contribution in [2.45, 2.75) is 25.3 Å². The third-order valence-electron chi connectivity index (χ3n) is 4.68. The molecule has 4 rings (SSSR count). The molecule has 0 bridgehead atoms. The molecule has 1 aliphatic carbocycles. The van der Waals surface area contributed by atoms with E-state index in [1.807, 2.05) is 0 Å². The van der Waals surface area contributed by atoms with Crippen LogP contribution in [0.15, 0.2) is 24.3 Å². The first-order chi connectivity index (χ1) is 12.7. The number of carbonyl (C=O) groups is 1. The molecule has 26 heavy (non-hydrogen) atoms. The first-order valence-electron chi connectivity index (χ1n) is 8.99. The van der Waals surface area contributed by atoms with Crippen LogP contribution in [0.4, 0.5) is 9.52 Å². The number of nitrogens with zero attached hydrogens (tertiary/aromatic N) is 4. The van der Waals surface area contributed by atoms with Crippen LogP contribution in [0.2, 0.25) is 0 Å². The van der Waals surface area contributed by atoms with Crippen LogP contribution >= 0.6 is 11.3 Å². The Morgan fingerprint density at radius 2 is 1.88 bits per heavy atom. The van der Waals surface area contributed by atoms with Crippen LogP contribution in [0, 0.1) is 5.82 Å². The molecule has 1 aliphatic heterocycles. The van der Waals surface area contributed by atoms with Crippen molar-refractivity contribution in [2.24, 2.45) is 0 Å². The monoisotopic (exact) mass is 375 g/mol. The maximum atomic E-state index is 13.0. The van der Waals surface area contributed by atoms with Crippen molar-refractivity contribution in [1.29, 1.82) is 0 Å². The maximum absolute atomic E-state index is 13.0. The van der Waals surface area contributed by atoms with Gasteiger partial charge in [-0.25, -0.2) is 4.39 Å². The fraction of sp³-hybridized carbons (Fsp3) is 0.500. The van der Waals surface area contributed by atoms with E-state index in [1.54, 1.807) is 23.5 Å². The van der Waals surface area contributed by atoms with Gasteiger partial charge in [-0.3, -0.25) is 9.69 Å². The lowest BCUT2D eigenvalue weighted by Crippen LogP contribution is -2.49. The molecule has 1 saturated heterocycles. The Balaban J connectivity index is 1.27. The summed E-state index contributed by atoms with van der Waals surface area (Å²) in [6.45, 7) is 3.88. The van der Waals surface area contributed by atoms with E-state index in [2.05, 4.69) is 25.3 Å². The lowest BCUT2D eigenvalue weighted by atomic mass is 10.2. The van der Waals surface area contributed by atoms with E-state index < -0.39 is 0 Å². The number of carbonyl (C=O) groups excluding carboxylic acids is 1. The number of rotatable bonds is 6. The second-order valence-corrected chi connectivity index (χ2v) is 7.93. The van der Waals surface area contributed by atoms with Crippen molar-refractivity contribution in [1.82, 2.24) is 20.4 Å². The van der Waals surface area contributed by atoms with Crippen LogP contribution in [0.1, 0.15) is 23.4 Å². The topological polar surface area (TPSA) is 61.4 Å². The summed E-state index contributed by atoms with van der Waals surface area (Å²) in [6, 6.07) is 6.92. The fourth-order valence-electron chi connectivity index (χ4n) is 3.02. The molecule has 6 nitrogen and oxygen atoms in total. The summed E-state index contributed by atoms with van der Waals surface area (Å²) in [7, 11) is 0. The molecule has 1 amide bonds. The van der Waals surface area contributed by atoms with Gasteiger partial charge in [0.25, 0.3) is 0 Å². The van der Waals surface area contributed by atoms with Crippen LogP contribution in [0.25, 0.3) is 0 Å². The largest absolute Gasteiger partial charge is 0.352 e. The predicted octanol–water partition coefficient (Wildman–Crippen LogP) is 1.67. The zero-order chi connectivity index (χ0) is 17.9.